The number of esters is 1. The highest BCUT2D eigenvalue weighted by Gasteiger charge is 2.17. The molecular weight excluding hydrogens is 308 g/mol. The number of nitrogens with zero attached hydrogens (tertiary/aromatic N) is 1. The van der Waals surface area contributed by atoms with Gasteiger partial charge in [-0.2, -0.15) is 0 Å². The predicted molar refractivity (Wildman–Crippen MR) is 90.9 cm³/mol. The maximum Gasteiger partial charge on any atom is 0.341 e. The Kier molecular flexibility index (Phi) is 5.76. The maximum absolute atomic E-state index is 12.1. The van der Waals surface area contributed by atoms with Crippen molar-refractivity contribution in [2.75, 3.05) is 26.0 Å². The van der Waals surface area contributed by atoms with Crippen LogP contribution in [-0.2, 0) is 16.1 Å². The zero-order valence-corrected chi connectivity index (χ0v) is 14.4. The number of hydrogen-bond acceptors (Lipinski definition) is 5. The Morgan fingerprint density at radius 2 is 1.88 bits per heavy atom. The number of ether oxygens (including phenoxy) is 1. The number of aryl methyl sites for hydroxylation is 2. The van der Waals surface area contributed by atoms with Crippen molar-refractivity contribution in [2.24, 2.45) is 0 Å². The lowest BCUT2D eigenvalue weighted by atomic mass is 10.2. The Morgan fingerprint density at radius 1 is 1.21 bits per heavy atom. The zero-order chi connectivity index (χ0) is 17.7. The summed E-state index contributed by atoms with van der Waals surface area (Å²) in [5.74, 6) is 0.577. The third-order valence-corrected chi connectivity index (χ3v) is 3.55. The van der Waals surface area contributed by atoms with Crippen molar-refractivity contribution in [3.63, 3.8) is 0 Å². The van der Waals surface area contributed by atoms with Gasteiger partial charge in [-0.1, -0.05) is 17.7 Å². The van der Waals surface area contributed by atoms with Crippen LogP contribution in [-0.4, -0.2) is 37.5 Å². The number of rotatable bonds is 6. The number of amides is 1. The van der Waals surface area contributed by atoms with E-state index >= 15 is 0 Å². The monoisotopic (exact) mass is 330 g/mol. The van der Waals surface area contributed by atoms with E-state index in [1.165, 1.54) is 7.11 Å². The van der Waals surface area contributed by atoms with Gasteiger partial charge in [-0.25, -0.2) is 4.79 Å². The summed E-state index contributed by atoms with van der Waals surface area (Å²) in [6.45, 7) is 4.33. The van der Waals surface area contributed by atoms with Crippen LogP contribution in [0.3, 0.4) is 0 Å². The molecule has 24 heavy (non-hydrogen) atoms. The molecule has 0 bridgehead atoms. The number of hydrogen-bond donors (Lipinski definition) is 1. The summed E-state index contributed by atoms with van der Waals surface area (Å²) in [5.41, 5.74) is 2.31. The van der Waals surface area contributed by atoms with Gasteiger partial charge in [-0.3, -0.25) is 9.69 Å². The first-order valence-electron chi connectivity index (χ1n) is 7.61. The highest BCUT2D eigenvalue weighted by atomic mass is 16.5. The Labute approximate surface area is 141 Å². The third-order valence-electron chi connectivity index (χ3n) is 3.55. The van der Waals surface area contributed by atoms with E-state index in [4.69, 9.17) is 9.15 Å². The Morgan fingerprint density at radius 3 is 2.50 bits per heavy atom. The number of nitrogens with one attached hydrogen (secondary N) is 1. The molecule has 1 aromatic heterocycles. The van der Waals surface area contributed by atoms with Gasteiger partial charge in [0.2, 0.25) is 5.91 Å². The van der Waals surface area contributed by atoms with Gasteiger partial charge in [0, 0.05) is 5.69 Å². The molecular formula is C18H22N2O4. The lowest BCUT2D eigenvalue weighted by Gasteiger charge is -2.14. The number of anilines is 1. The Bertz CT molecular complexity index is 719. The molecule has 2 rings (SSSR count). The first kappa shape index (κ1) is 17.7. The van der Waals surface area contributed by atoms with E-state index in [0.29, 0.717) is 23.6 Å². The molecule has 1 amide bonds. The molecule has 0 spiro atoms. The van der Waals surface area contributed by atoms with Crippen LogP contribution in [0, 0.1) is 13.8 Å². The second-order valence-electron chi connectivity index (χ2n) is 5.76. The Balaban J connectivity index is 1.90. The molecule has 2 aromatic rings. The minimum absolute atomic E-state index is 0.113. The summed E-state index contributed by atoms with van der Waals surface area (Å²) in [6.07, 6.45) is 0. The van der Waals surface area contributed by atoms with E-state index < -0.39 is 5.97 Å². The van der Waals surface area contributed by atoms with Crippen molar-refractivity contribution in [3.05, 3.63) is 53.0 Å². The van der Waals surface area contributed by atoms with Crippen LogP contribution < -0.4 is 5.32 Å². The second-order valence-corrected chi connectivity index (χ2v) is 5.76. The summed E-state index contributed by atoms with van der Waals surface area (Å²) < 4.78 is 10.2. The average molecular weight is 330 g/mol. The molecule has 0 fully saturated rings. The first-order valence-corrected chi connectivity index (χ1v) is 7.61. The number of benzene rings is 1. The van der Waals surface area contributed by atoms with Crippen molar-refractivity contribution in [1.29, 1.82) is 0 Å². The first-order chi connectivity index (χ1) is 11.4. The largest absolute Gasteiger partial charge is 0.465 e. The second kappa shape index (κ2) is 7.79. The van der Waals surface area contributed by atoms with Crippen molar-refractivity contribution < 1.29 is 18.7 Å². The maximum atomic E-state index is 12.1. The zero-order valence-electron chi connectivity index (χ0n) is 14.4. The van der Waals surface area contributed by atoms with Gasteiger partial charge in [0.25, 0.3) is 0 Å². The van der Waals surface area contributed by atoms with Gasteiger partial charge in [0.05, 0.1) is 20.2 Å². The smallest absolute Gasteiger partial charge is 0.341 e. The third kappa shape index (κ3) is 4.70. The van der Waals surface area contributed by atoms with E-state index in [0.717, 1.165) is 11.3 Å². The average Bonchev–Trinajstić information content (AvgIpc) is 2.89. The molecule has 0 saturated heterocycles. The number of carbonyl (C=O) groups excluding carboxylic acids is 2. The number of likely N-dealkylation sites (N-methyl/N-ethyl adjacent to an activating group) is 1. The van der Waals surface area contributed by atoms with Crippen LogP contribution in [0.1, 0.15) is 27.4 Å². The number of methoxy groups -OCH3 is 1. The van der Waals surface area contributed by atoms with Gasteiger partial charge < -0.3 is 14.5 Å². The molecule has 0 saturated carbocycles. The SMILES string of the molecule is COC(=O)c1cc(CN(C)CC(=O)Nc2ccc(C)cc2)oc1C. The molecule has 0 atom stereocenters. The molecule has 0 aliphatic carbocycles. The summed E-state index contributed by atoms with van der Waals surface area (Å²) in [7, 11) is 3.14. The molecule has 128 valence electrons. The molecule has 6 heteroatoms. The van der Waals surface area contributed by atoms with Crippen molar-refractivity contribution in [2.45, 2.75) is 20.4 Å². The van der Waals surface area contributed by atoms with Crippen molar-refractivity contribution >= 4 is 17.6 Å². The summed E-state index contributed by atoms with van der Waals surface area (Å²) in [5, 5.41) is 2.84. The standard InChI is InChI=1S/C18H22N2O4/c1-12-5-7-14(8-6-12)19-17(21)11-20(3)10-15-9-16(13(2)24-15)18(22)23-4/h5-9H,10-11H2,1-4H3,(H,19,21). The molecule has 0 aliphatic heterocycles. The fourth-order valence-electron chi connectivity index (χ4n) is 2.34. The van der Waals surface area contributed by atoms with Crippen LogP contribution in [0.25, 0.3) is 0 Å². The number of furan rings is 1. The molecule has 1 heterocycles. The lowest BCUT2D eigenvalue weighted by molar-refractivity contribution is -0.117. The van der Waals surface area contributed by atoms with Crippen LogP contribution >= 0.6 is 0 Å². The molecule has 1 aromatic carbocycles. The number of carbonyl (C=O) groups is 2. The van der Waals surface area contributed by atoms with E-state index in [-0.39, 0.29) is 12.5 Å². The van der Waals surface area contributed by atoms with Crippen molar-refractivity contribution in [1.82, 2.24) is 4.90 Å². The molecule has 0 aliphatic rings. The normalized spacial score (nSPS) is 10.7. The molecule has 0 unspecified atom stereocenters. The van der Waals surface area contributed by atoms with Gasteiger partial charge >= 0.3 is 5.97 Å². The van der Waals surface area contributed by atoms with E-state index in [2.05, 4.69) is 5.32 Å². The summed E-state index contributed by atoms with van der Waals surface area (Å²) >= 11 is 0. The Hall–Kier alpha value is -2.60. The molecule has 1 N–H and O–H groups in total. The fraction of sp³-hybridized carbons (Fsp3) is 0.333. The highest BCUT2D eigenvalue weighted by Crippen LogP contribution is 2.17. The van der Waals surface area contributed by atoms with Crippen LogP contribution in [0.15, 0.2) is 34.7 Å². The summed E-state index contributed by atoms with van der Waals surface area (Å²) in [4.78, 5) is 25.5. The van der Waals surface area contributed by atoms with E-state index in [1.54, 1.807) is 13.0 Å². The minimum Gasteiger partial charge on any atom is -0.465 e. The molecule has 0 radical (unpaired) electrons. The highest BCUT2D eigenvalue weighted by molar-refractivity contribution is 5.92. The van der Waals surface area contributed by atoms with Gasteiger partial charge in [-0.05, 0) is 39.1 Å². The lowest BCUT2D eigenvalue weighted by Crippen LogP contribution is -2.29. The summed E-state index contributed by atoms with van der Waals surface area (Å²) in [6, 6.07) is 9.27. The fourth-order valence-corrected chi connectivity index (χ4v) is 2.34. The molecule has 6 nitrogen and oxygen atoms in total. The van der Waals surface area contributed by atoms with Crippen LogP contribution in [0.4, 0.5) is 5.69 Å². The minimum atomic E-state index is -0.428. The van der Waals surface area contributed by atoms with Crippen LogP contribution in [0.2, 0.25) is 0 Å². The van der Waals surface area contributed by atoms with Crippen molar-refractivity contribution in [3.8, 4) is 0 Å². The topological polar surface area (TPSA) is 71.8 Å². The van der Waals surface area contributed by atoms with Gasteiger partial charge in [0.1, 0.15) is 17.1 Å². The van der Waals surface area contributed by atoms with Crippen LogP contribution in [0.5, 0.6) is 0 Å². The van der Waals surface area contributed by atoms with E-state index in [9.17, 15) is 9.59 Å². The van der Waals surface area contributed by atoms with Gasteiger partial charge in [0.15, 0.2) is 0 Å². The predicted octanol–water partition coefficient (Wildman–Crippen LogP) is 2.75. The van der Waals surface area contributed by atoms with Gasteiger partial charge in [-0.15, -0.1) is 0 Å². The quantitative estimate of drug-likeness (QED) is 0.825. The van der Waals surface area contributed by atoms with E-state index in [1.807, 2.05) is 43.1 Å².